The minimum absolute atomic E-state index is 0.0659. The van der Waals surface area contributed by atoms with Gasteiger partial charge in [0.25, 0.3) is 0 Å². The van der Waals surface area contributed by atoms with Gasteiger partial charge >= 0.3 is 0 Å². The molecule has 0 unspecified atom stereocenters. The summed E-state index contributed by atoms with van der Waals surface area (Å²) in [5.41, 5.74) is 2.98. The highest BCUT2D eigenvalue weighted by Crippen LogP contribution is 2.31. The van der Waals surface area contributed by atoms with E-state index in [2.05, 4.69) is 15.2 Å². The zero-order valence-corrected chi connectivity index (χ0v) is 14.2. The van der Waals surface area contributed by atoms with E-state index < -0.39 is 0 Å². The summed E-state index contributed by atoms with van der Waals surface area (Å²) in [6.07, 6.45) is 2.94. The molecular weight excluding hydrogens is 294 g/mol. The molecule has 0 N–H and O–H groups in total. The molecule has 0 aliphatic carbocycles. The van der Waals surface area contributed by atoms with Crippen LogP contribution in [0.5, 0.6) is 0 Å². The maximum Gasteiger partial charge on any atom is 0.227 e. The zero-order chi connectivity index (χ0) is 16.6. The summed E-state index contributed by atoms with van der Waals surface area (Å²) >= 11 is 0. The molecule has 1 fully saturated rings. The van der Waals surface area contributed by atoms with Crippen molar-refractivity contribution in [2.45, 2.75) is 52.5 Å². The molecule has 7 heteroatoms. The zero-order valence-electron chi connectivity index (χ0n) is 14.2. The van der Waals surface area contributed by atoms with Crippen LogP contribution in [0.25, 0.3) is 0 Å². The van der Waals surface area contributed by atoms with Gasteiger partial charge in [-0.1, -0.05) is 12.1 Å². The Morgan fingerprint density at radius 2 is 2.17 bits per heavy atom. The topological polar surface area (TPSA) is 77.1 Å². The lowest BCUT2D eigenvalue weighted by Crippen LogP contribution is -2.32. The Bertz CT molecular complexity index is 718. The first-order valence-corrected chi connectivity index (χ1v) is 8.12. The van der Waals surface area contributed by atoms with E-state index in [0.29, 0.717) is 24.6 Å². The molecular formula is C16H23N5O2. The number of nitrogens with zero attached hydrogens (tertiary/aromatic N) is 5. The molecule has 1 aliphatic rings. The summed E-state index contributed by atoms with van der Waals surface area (Å²) in [5, 5.41) is 8.44. The molecule has 2 aromatic rings. The Morgan fingerprint density at radius 1 is 1.39 bits per heavy atom. The Balaban J connectivity index is 1.78. The van der Waals surface area contributed by atoms with Gasteiger partial charge in [0.2, 0.25) is 11.8 Å². The third kappa shape index (κ3) is 2.87. The molecule has 2 aromatic heterocycles. The smallest absolute Gasteiger partial charge is 0.227 e. The number of rotatable bonds is 4. The summed E-state index contributed by atoms with van der Waals surface area (Å²) in [5.74, 6) is 1.36. The van der Waals surface area contributed by atoms with Crippen molar-refractivity contribution in [3.8, 4) is 0 Å². The van der Waals surface area contributed by atoms with E-state index in [1.54, 1.807) is 0 Å². The lowest BCUT2D eigenvalue weighted by Gasteiger charge is -2.22. The molecule has 7 nitrogen and oxygen atoms in total. The Morgan fingerprint density at radius 3 is 2.78 bits per heavy atom. The van der Waals surface area contributed by atoms with Crippen molar-refractivity contribution < 1.29 is 9.32 Å². The second kappa shape index (κ2) is 6.14. The first-order chi connectivity index (χ1) is 11.0. The fourth-order valence-corrected chi connectivity index (χ4v) is 3.21. The second-order valence-corrected chi connectivity index (χ2v) is 6.09. The molecule has 0 bridgehead atoms. The summed E-state index contributed by atoms with van der Waals surface area (Å²) in [4.78, 5) is 19.1. The second-order valence-electron chi connectivity index (χ2n) is 6.09. The molecule has 0 aromatic carbocycles. The number of likely N-dealkylation sites (tertiary alicyclic amines) is 1. The van der Waals surface area contributed by atoms with Crippen molar-refractivity contribution in [2.75, 3.05) is 6.54 Å². The molecule has 3 heterocycles. The van der Waals surface area contributed by atoms with Crippen LogP contribution in [-0.4, -0.2) is 37.3 Å². The van der Waals surface area contributed by atoms with Crippen LogP contribution in [0.1, 0.15) is 54.5 Å². The normalized spacial score (nSPS) is 17.9. The maximum absolute atomic E-state index is 12.8. The van der Waals surface area contributed by atoms with E-state index in [0.717, 1.165) is 36.3 Å². The summed E-state index contributed by atoms with van der Waals surface area (Å²) in [7, 11) is 1.90. The average molecular weight is 317 g/mol. The van der Waals surface area contributed by atoms with Gasteiger partial charge in [0, 0.05) is 31.3 Å². The van der Waals surface area contributed by atoms with Gasteiger partial charge in [0.05, 0.1) is 18.2 Å². The fraction of sp³-hybridized carbons (Fsp3) is 0.625. The molecule has 1 aliphatic heterocycles. The number of carbonyl (C=O) groups excluding carboxylic acids is 1. The summed E-state index contributed by atoms with van der Waals surface area (Å²) in [6.45, 7) is 6.67. The lowest BCUT2D eigenvalue weighted by atomic mass is 10.1. The van der Waals surface area contributed by atoms with Gasteiger partial charge in [-0.3, -0.25) is 9.48 Å². The Kier molecular flexibility index (Phi) is 4.19. The Hall–Kier alpha value is -2.18. The summed E-state index contributed by atoms with van der Waals surface area (Å²) < 4.78 is 7.03. The van der Waals surface area contributed by atoms with E-state index in [-0.39, 0.29) is 11.9 Å². The third-order valence-electron chi connectivity index (χ3n) is 4.64. The van der Waals surface area contributed by atoms with Crippen molar-refractivity contribution in [2.24, 2.45) is 7.05 Å². The third-order valence-corrected chi connectivity index (χ3v) is 4.64. The van der Waals surface area contributed by atoms with Gasteiger partial charge < -0.3 is 9.42 Å². The largest absolute Gasteiger partial charge is 0.339 e. The van der Waals surface area contributed by atoms with Crippen molar-refractivity contribution in [1.29, 1.82) is 0 Å². The van der Waals surface area contributed by atoms with Crippen LogP contribution >= 0.6 is 0 Å². The fourth-order valence-electron chi connectivity index (χ4n) is 3.21. The summed E-state index contributed by atoms with van der Waals surface area (Å²) in [6, 6.07) is -0.0659. The number of carbonyl (C=O) groups is 1. The van der Waals surface area contributed by atoms with Crippen molar-refractivity contribution in [3.63, 3.8) is 0 Å². The van der Waals surface area contributed by atoms with E-state index in [1.165, 1.54) is 0 Å². The average Bonchev–Trinajstić information content (AvgIpc) is 3.22. The minimum Gasteiger partial charge on any atom is -0.339 e. The Labute approximate surface area is 135 Å². The molecule has 0 saturated carbocycles. The monoisotopic (exact) mass is 317 g/mol. The predicted molar refractivity (Wildman–Crippen MR) is 83.8 cm³/mol. The maximum atomic E-state index is 12.8. The number of hydrogen-bond donors (Lipinski definition) is 0. The molecule has 1 amide bonds. The van der Waals surface area contributed by atoms with Gasteiger partial charge in [-0.25, -0.2) is 0 Å². The SMILES string of the molecule is CCc1nc([C@H]2CCCN2C(=O)Cc2c(C)nn(C)c2C)no1. The van der Waals surface area contributed by atoms with Crippen molar-refractivity contribution in [1.82, 2.24) is 24.8 Å². The van der Waals surface area contributed by atoms with Crippen LogP contribution in [0.4, 0.5) is 0 Å². The van der Waals surface area contributed by atoms with Gasteiger partial charge in [-0.2, -0.15) is 10.1 Å². The molecule has 0 spiro atoms. The van der Waals surface area contributed by atoms with Crippen LogP contribution in [0.2, 0.25) is 0 Å². The van der Waals surface area contributed by atoms with Crippen LogP contribution < -0.4 is 0 Å². The van der Waals surface area contributed by atoms with Gasteiger partial charge in [0.15, 0.2) is 5.82 Å². The molecule has 3 rings (SSSR count). The lowest BCUT2D eigenvalue weighted by molar-refractivity contribution is -0.131. The van der Waals surface area contributed by atoms with Crippen LogP contribution in [0, 0.1) is 13.8 Å². The quantitative estimate of drug-likeness (QED) is 0.860. The highest BCUT2D eigenvalue weighted by atomic mass is 16.5. The molecule has 124 valence electrons. The molecule has 23 heavy (non-hydrogen) atoms. The standard InChI is InChI=1S/C16H23N5O2/c1-5-14-17-16(19-23-14)13-7-6-8-21(13)15(22)9-12-10(2)18-20(4)11(12)3/h13H,5-9H2,1-4H3/t13-/m1/s1. The van der Waals surface area contributed by atoms with Gasteiger partial charge in [0.1, 0.15) is 0 Å². The molecule has 1 saturated heterocycles. The number of aromatic nitrogens is 4. The highest BCUT2D eigenvalue weighted by Gasteiger charge is 2.33. The molecule has 1 atom stereocenters. The van der Waals surface area contributed by atoms with Crippen LogP contribution in [0.15, 0.2) is 4.52 Å². The van der Waals surface area contributed by atoms with E-state index in [4.69, 9.17) is 4.52 Å². The van der Waals surface area contributed by atoms with E-state index in [9.17, 15) is 4.79 Å². The number of hydrogen-bond acceptors (Lipinski definition) is 5. The minimum atomic E-state index is -0.0659. The first kappa shape index (κ1) is 15.7. The highest BCUT2D eigenvalue weighted by molar-refractivity contribution is 5.80. The van der Waals surface area contributed by atoms with Crippen molar-refractivity contribution >= 4 is 5.91 Å². The van der Waals surface area contributed by atoms with E-state index in [1.807, 2.05) is 37.4 Å². The first-order valence-electron chi connectivity index (χ1n) is 8.12. The van der Waals surface area contributed by atoms with Gasteiger partial charge in [-0.05, 0) is 26.7 Å². The van der Waals surface area contributed by atoms with Crippen LogP contribution in [0.3, 0.4) is 0 Å². The number of aryl methyl sites for hydroxylation is 3. The van der Waals surface area contributed by atoms with E-state index >= 15 is 0 Å². The predicted octanol–water partition coefficient (Wildman–Crippen LogP) is 1.89. The number of amides is 1. The van der Waals surface area contributed by atoms with Crippen molar-refractivity contribution in [3.05, 3.63) is 28.7 Å². The van der Waals surface area contributed by atoms with Gasteiger partial charge in [-0.15, -0.1) is 0 Å². The molecule has 0 radical (unpaired) electrons. The van der Waals surface area contributed by atoms with Crippen LogP contribution in [-0.2, 0) is 24.7 Å².